The molecule has 25 heavy (non-hydrogen) atoms. The fourth-order valence-electron chi connectivity index (χ4n) is 2.83. The molecule has 0 radical (unpaired) electrons. The number of fused-ring (bicyclic) bond motifs is 1. The van der Waals surface area contributed by atoms with E-state index in [4.69, 9.17) is 9.26 Å². The fourth-order valence-corrected chi connectivity index (χ4v) is 2.83. The number of rotatable bonds is 2. The second kappa shape index (κ2) is 5.17. The lowest BCUT2D eigenvalue weighted by Crippen LogP contribution is -2.28. The van der Waals surface area contributed by atoms with Crippen molar-refractivity contribution in [2.24, 2.45) is 7.05 Å². The third-order valence-electron chi connectivity index (χ3n) is 4.32. The lowest BCUT2D eigenvalue weighted by Gasteiger charge is -2.15. The molecular weight excluding hydrogens is 324 g/mol. The van der Waals surface area contributed by atoms with Crippen molar-refractivity contribution in [2.45, 2.75) is 19.3 Å². The van der Waals surface area contributed by atoms with Crippen molar-refractivity contribution in [3.05, 3.63) is 50.8 Å². The molecule has 0 bridgehead atoms. The highest BCUT2D eigenvalue weighted by Gasteiger charge is 2.32. The summed E-state index contributed by atoms with van der Waals surface area (Å²) in [7, 11) is 1.53. The Kier molecular flexibility index (Phi) is 3.18. The fraction of sp³-hybridized carbons (Fsp3) is 0.294. The molecule has 0 atom stereocenters. The lowest BCUT2D eigenvalue weighted by atomic mass is 9.86. The number of aromatic nitrogens is 4. The lowest BCUT2D eigenvalue weighted by molar-refractivity contribution is 0.291. The molecule has 3 aromatic rings. The van der Waals surface area contributed by atoms with Gasteiger partial charge in [-0.2, -0.15) is 4.98 Å². The van der Waals surface area contributed by atoms with Crippen molar-refractivity contribution < 1.29 is 9.26 Å². The Morgan fingerprint density at radius 3 is 2.88 bits per heavy atom. The van der Waals surface area contributed by atoms with Crippen LogP contribution in [0.25, 0.3) is 22.8 Å². The van der Waals surface area contributed by atoms with E-state index in [-0.39, 0.29) is 16.8 Å². The van der Waals surface area contributed by atoms with Gasteiger partial charge in [-0.15, -0.1) is 0 Å². The van der Waals surface area contributed by atoms with E-state index in [9.17, 15) is 9.59 Å². The number of hydrogen-bond acceptors (Lipinski definition) is 6. The van der Waals surface area contributed by atoms with Crippen molar-refractivity contribution in [3.63, 3.8) is 0 Å². The average Bonchev–Trinajstić information content (AvgIpc) is 3.16. The Balaban J connectivity index is 1.77. The van der Waals surface area contributed by atoms with Crippen LogP contribution < -0.4 is 16.0 Å². The highest BCUT2D eigenvalue weighted by Crippen LogP contribution is 2.40. The minimum absolute atomic E-state index is 0.0942. The van der Waals surface area contributed by atoms with Gasteiger partial charge in [0.15, 0.2) is 0 Å². The minimum atomic E-state index is -0.557. The zero-order valence-corrected chi connectivity index (χ0v) is 14.0. The molecule has 1 N–H and O–H groups in total. The molecule has 0 unspecified atom stereocenters. The number of benzene rings is 1. The first kappa shape index (κ1) is 15.4. The maximum Gasteiger partial charge on any atom is 0.328 e. The molecule has 0 aliphatic carbocycles. The third-order valence-corrected chi connectivity index (χ3v) is 4.32. The summed E-state index contributed by atoms with van der Waals surface area (Å²) in [6, 6.07) is 5.68. The molecule has 8 nitrogen and oxygen atoms in total. The summed E-state index contributed by atoms with van der Waals surface area (Å²) < 4.78 is 12.2. The normalized spacial score (nSPS) is 15.0. The van der Waals surface area contributed by atoms with Gasteiger partial charge in [0.2, 0.25) is 5.82 Å². The van der Waals surface area contributed by atoms with Gasteiger partial charge in [0.05, 0.1) is 6.61 Å². The predicted molar refractivity (Wildman–Crippen MR) is 89.6 cm³/mol. The van der Waals surface area contributed by atoms with E-state index in [2.05, 4.69) is 29.0 Å². The number of aromatic amines is 1. The van der Waals surface area contributed by atoms with E-state index in [0.717, 1.165) is 16.9 Å². The van der Waals surface area contributed by atoms with Gasteiger partial charge in [-0.25, -0.2) is 4.79 Å². The van der Waals surface area contributed by atoms with Crippen LogP contribution in [-0.2, 0) is 12.5 Å². The summed E-state index contributed by atoms with van der Waals surface area (Å²) in [6.45, 7) is 4.83. The van der Waals surface area contributed by atoms with Crippen molar-refractivity contribution in [2.75, 3.05) is 6.61 Å². The average molecular weight is 340 g/mol. The summed E-state index contributed by atoms with van der Waals surface area (Å²) >= 11 is 0. The first-order valence-electron chi connectivity index (χ1n) is 7.77. The van der Waals surface area contributed by atoms with Crippen molar-refractivity contribution >= 4 is 0 Å². The van der Waals surface area contributed by atoms with E-state index < -0.39 is 11.2 Å². The molecule has 8 heteroatoms. The maximum atomic E-state index is 12.0. The van der Waals surface area contributed by atoms with Crippen LogP contribution in [0.4, 0.5) is 0 Å². The first-order chi connectivity index (χ1) is 11.8. The first-order valence-corrected chi connectivity index (χ1v) is 7.77. The number of ether oxygens (including phenoxy) is 1. The highest BCUT2D eigenvalue weighted by atomic mass is 16.5. The molecule has 0 fully saturated rings. The SMILES string of the molecule is Cn1cc(-c2noc(-c3ccc4c(c3)C(C)(C)CO4)n2)c(=O)[nH]c1=O. The Morgan fingerprint density at radius 1 is 1.28 bits per heavy atom. The van der Waals surface area contributed by atoms with Gasteiger partial charge in [-0.3, -0.25) is 9.78 Å². The molecule has 0 spiro atoms. The Hall–Kier alpha value is -3.16. The largest absolute Gasteiger partial charge is 0.492 e. The van der Waals surface area contributed by atoms with Crippen molar-refractivity contribution in [1.29, 1.82) is 0 Å². The topological polar surface area (TPSA) is 103 Å². The summed E-state index contributed by atoms with van der Waals surface area (Å²) in [4.78, 5) is 29.9. The summed E-state index contributed by atoms with van der Waals surface area (Å²) in [5.74, 6) is 1.28. The van der Waals surface area contributed by atoms with Crippen LogP contribution in [0.15, 0.2) is 38.5 Å². The van der Waals surface area contributed by atoms with Crippen LogP contribution in [0, 0.1) is 0 Å². The van der Waals surface area contributed by atoms with Gasteiger partial charge < -0.3 is 13.8 Å². The highest BCUT2D eigenvalue weighted by molar-refractivity contribution is 5.62. The zero-order valence-electron chi connectivity index (χ0n) is 14.0. The van der Waals surface area contributed by atoms with Crippen molar-refractivity contribution in [3.8, 4) is 28.6 Å². The van der Waals surface area contributed by atoms with Gasteiger partial charge in [0, 0.05) is 29.8 Å². The Bertz CT molecular complexity index is 1090. The van der Waals surface area contributed by atoms with Crippen LogP contribution in [0.1, 0.15) is 19.4 Å². The third kappa shape index (κ3) is 2.46. The second-order valence-electron chi connectivity index (χ2n) is 6.72. The van der Waals surface area contributed by atoms with E-state index in [1.165, 1.54) is 17.8 Å². The van der Waals surface area contributed by atoms with Crippen LogP contribution in [0.5, 0.6) is 5.75 Å². The second-order valence-corrected chi connectivity index (χ2v) is 6.72. The predicted octanol–water partition coefficient (Wildman–Crippen LogP) is 1.46. The number of H-pyrrole nitrogens is 1. The Labute approximate surface area is 142 Å². The van der Waals surface area contributed by atoms with Gasteiger partial charge in [-0.1, -0.05) is 19.0 Å². The van der Waals surface area contributed by atoms with Gasteiger partial charge in [0.25, 0.3) is 11.4 Å². The molecule has 128 valence electrons. The standard InChI is InChI=1S/C17H16N4O4/c1-17(2)8-24-12-5-4-9(6-11(12)17)15-18-13(20-25-15)10-7-21(3)16(23)19-14(10)22/h4-7H,8H2,1-3H3,(H,19,22,23). The molecule has 2 aromatic heterocycles. The molecule has 0 amide bonds. The molecular formula is C17H16N4O4. The monoisotopic (exact) mass is 340 g/mol. The quantitative estimate of drug-likeness (QED) is 0.757. The van der Waals surface area contributed by atoms with Crippen molar-refractivity contribution in [1.82, 2.24) is 19.7 Å². The van der Waals surface area contributed by atoms with E-state index in [1.54, 1.807) is 0 Å². The Morgan fingerprint density at radius 2 is 2.08 bits per heavy atom. The van der Waals surface area contributed by atoms with Crippen LogP contribution in [-0.4, -0.2) is 26.3 Å². The number of aryl methyl sites for hydroxylation is 1. The molecule has 1 aliphatic heterocycles. The molecule has 0 saturated heterocycles. The summed E-state index contributed by atoms with van der Waals surface area (Å²) in [5.41, 5.74) is 0.837. The molecule has 1 aliphatic rings. The smallest absolute Gasteiger partial charge is 0.328 e. The van der Waals surface area contributed by atoms with E-state index >= 15 is 0 Å². The minimum Gasteiger partial charge on any atom is -0.492 e. The maximum absolute atomic E-state index is 12.0. The molecule has 1 aromatic carbocycles. The summed E-state index contributed by atoms with van der Waals surface area (Å²) in [5, 5.41) is 3.87. The van der Waals surface area contributed by atoms with Crippen LogP contribution in [0.2, 0.25) is 0 Å². The van der Waals surface area contributed by atoms with E-state index in [1.807, 2.05) is 18.2 Å². The number of nitrogens with zero attached hydrogens (tertiary/aromatic N) is 3. The van der Waals surface area contributed by atoms with Crippen LogP contribution >= 0.6 is 0 Å². The molecule has 4 rings (SSSR count). The van der Waals surface area contributed by atoms with Gasteiger partial charge >= 0.3 is 5.69 Å². The van der Waals surface area contributed by atoms with Crippen LogP contribution in [0.3, 0.4) is 0 Å². The molecule has 0 saturated carbocycles. The number of hydrogen-bond donors (Lipinski definition) is 1. The zero-order chi connectivity index (χ0) is 17.8. The summed E-state index contributed by atoms with van der Waals surface area (Å²) in [6.07, 6.45) is 1.38. The molecule has 3 heterocycles. The van der Waals surface area contributed by atoms with Gasteiger partial charge in [-0.05, 0) is 18.2 Å². The van der Waals surface area contributed by atoms with E-state index in [0.29, 0.717) is 12.5 Å². The number of nitrogens with one attached hydrogen (secondary N) is 1. The van der Waals surface area contributed by atoms with Gasteiger partial charge in [0.1, 0.15) is 11.3 Å².